The van der Waals surface area contributed by atoms with E-state index in [1.165, 1.54) is 6.92 Å². The van der Waals surface area contributed by atoms with E-state index in [9.17, 15) is 4.79 Å². The fraction of sp³-hybridized carbons (Fsp3) is 0.429. The van der Waals surface area contributed by atoms with Crippen LogP contribution >= 0.6 is 0 Å². The molecule has 0 spiro atoms. The molecule has 5 nitrogen and oxygen atoms in total. The molecule has 1 aromatic rings. The highest BCUT2D eigenvalue weighted by molar-refractivity contribution is 6.40. The molecule has 0 unspecified atom stereocenters. The van der Waals surface area contributed by atoms with Crippen LogP contribution < -0.4 is 0 Å². The minimum atomic E-state index is -0.413. The summed E-state index contributed by atoms with van der Waals surface area (Å²) in [4.78, 5) is 16.7. The summed E-state index contributed by atoms with van der Waals surface area (Å²) in [7, 11) is 0. The number of Topliss-reactive ketones (excluding diaryl/α,β-unsaturated/α-hetero) is 1. The van der Waals surface area contributed by atoms with Crippen molar-refractivity contribution in [1.29, 1.82) is 0 Å². The number of hydrogen-bond acceptors (Lipinski definition) is 5. The zero-order valence-corrected chi connectivity index (χ0v) is 10.6. The molecule has 1 saturated heterocycles. The molecule has 3 rings (SSSR count). The Hall–Kier alpha value is -1.72. The zero-order chi connectivity index (χ0) is 13.2. The Morgan fingerprint density at radius 1 is 1.21 bits per heavy atom. The molecule has 19 heavy (non-hydrogen) atoms. The molecule has 0 saturated carbocycles. The van der Waals surface area contributed by atoms with Gasteiger partial charge in [0.2, 0.25) is 0 Å². The summed E-state index contributed by atoms with van der Waals surface area (Å²) < 4.78 is 11.4. The molecule has 2 aliphatic heterocycles. The van der Waals surface area contributed by atoms with Crippen LogP contribution in [0.3, 0.4) is 0 Å². The first-order valence-corrected chi connectivity index (χ1v) is 6.28. The quantitative estimate of drug-likeness (QED) is 0.813. The Morgan fingerprint density at radius 2 is 1.95 bits per heavy atom. The van der Waals surface area contributed by atoms with E-state index in [2.05, 4.69) is 5.16 Å². The minimum absolute atomic E-state index is 0.0748. The van der Waals surface area contributed by atoms with Crippen LogP contribution in [0.5, 0.6) is 0 Å². The number of benzene rings is 1. The summed E-state index contributed by atoms with van der Waals surface area (Å²) in [5.41, 5.74) is 1.41. The Kier molecular flexibility index (Phi) is 3.31. The maximum atomic E-state index is 11.5. The molecule has 2 heterocycles. The molecule has 100 valence electrons. The molecular weight excluding hydrogens is 246 g/mol. The molecule has 5 heteroatoms. The van der Waals surface area contributed by atoms with Gasteiger partial charge >= 0.3 is 0 Å². The first-order valence-electron chi connectivity index (χ1n) is 6.28. The maximum absolute atomic E-state index is 11.5. The van der Waals surface area contributed by atoms with Crippen molar-refractivity contribution in [2.75, 3.05) is 13.2 Å². The van der Waals surface area contributed by atoms with E-state index in [-0.39, 0.29) is 17.8 Å². The predicted octanol–water partition coefficient (Wildman–Crippen LogP) is 1.69. The summed E-state index contributed by atoms with van der Waals surface area (Å²) in [5, 5.41) is 3.83. The van der Waals surface area contributed by atoms with Crippen molar-refractivity contribution in [3.8, 4) is 0 Å². The third-order valence-corrected chi connectivity index (χ3v) is 3.36. The molecular formula is C14H15NO4. The van der Waals surface area contributed by atoms with Crippen LogP contribution in [0.4, 0.5) is 0 Å². The molecule has 1 aromatic carbocycles. The van der Waals surface area contributed by atoms with E-state index in [1.54, 1.807) is 0 Å². The number of ketones is 1. The molecule has 0 aliphatic carbocycles. The highest BCUT2D eigenvalue weighted by Gasteiger charge is 2.40. The van der Waals surface area contributed by atoms with Crippen molar-refractivity contribution in [2.45, 2.75) is 19.3 Å². The lowest BCUT2D eigenvalue weighted by Gasteiger charge is -2.15. The number of carbonyl (C=O) groups is 1. The molecule has 1 fully saturated rings. The molecule has 0 N–H and O–H groups in total. The molecule has 0 amide bonds. The summed E-state index contributed by atoms with van der Waals surface area (Å²) in [6, 6.07) is 9.72. The minimum Gasteiger partial charge on any atom is -0.389 e. The lowest BCUT2D eigenvalue weighted by Crippen LogP contribution is -2.31. The summed E-state index contributed by atoms with van der Waals surface area (Å²) in [6.07, 6.45) is -0.642. The molecule has 0 aromatic heterocycles. The number of hydrogen-bond donors (Lipinski definition) is 0. The van der Waals surface area contributed by atoms with Gasteiger partial charge in [0.1, 0.15) is 5.71 Å². The van der Waals surface area contributed by atoms with Crippen molar-refractivity contribution < 1.29 is 19.1 Å². The van der Waals surface area contributed by atoms with Gasteiger partial charge in [-0.15, -0.1) is 0 Å². The van der Waals surface area contributed by atoms with Crippen LogP contribution in [-0.4, -0.2) is 30.8 Å². The first kappa shape index (κ1) is 12.3. The largest absolute Gasteiger partial charge is 0.389 e. The van der Waals surface area contributed by atoms with E-state index in [0.29, 0.717) is 18.9 Å². The van der Waals surface area contributed by atoms with Crippen molar-refractivity contribution in [2.24, 2.45) is 11.1 Å². The number of oxime groups is 1. The SMILES string of the molecule is CC(=O)C1=NO[C@@H]2CO[C@H](c3ccccc3)OC[C@H]12. The zero-order valence-electron chi connectivity index (χ0n) is 10.6. The number of carbonyl (C=O) groups excluding carboxylic acids is 1. The van der Waals surface area contributed by atoms with Gasteiger partial charge in [0.05, 0.1) is 19.1 Å². The smallest absolute Gasteiger partial charge is 0.184 e. The molecule has 0 bridgehead atoms. The fourth-order valence-electron chi connectivity index (χ4n) is 2.32. The predicted molar refractivity (Wildman–Crippen MR) is 67.6 cm³/mol. The third kappa shape index (κ3) is 2.39. The van der Waals surface area contributed by atoms with Gasteiger partial charge in [0.15, 0.2) is 18.2 Å². The Bertz CT molecular complexity index is 499. The highest BCUT2D eigenvalue weighted by atomic mass is 16.7. The summed E-state index contributed by atoms with van der Waals surface area (Å²) >= 11 is 0. The van der Waals surface area contributed by atoms with Crippen LogP contribution in [0.2, 0.25) is 0 Å². The van der Waals surface area contributed by atoms with Crippen LogP contribution in [0.25, 0.3) is 0 Å². The molecule has 3 atom stereocenters. The van der Waals surface area contributed by atoms with Gasteiger partial charge in [0.25, 0.3) is 0 Å². The third-order valence-electron chi connectivity index (χ3n) is 3.36. The molecule has 2 aliphatic rings. The van der Waals surface area contributed by atoms with Crippen LogP contribution in [0.1, 0.15) is 18.8 Å². The number of nitrogens with zero attached hydrogens (tertiary/aromatic N) is 1. The van der Waals surface area contributed by atoms with E-state index >= 15 is 0 Å². The van der Waals surface area contributed by atoms with Crippen molar-refractivity contribution in [3.05, 3.63) is 35.9 Å². The van der Waals surface area contributed by atoms with Gasteiger partial charge in [-0.2, -0.15) is 0 Å². The second-order valence-electron chi connectivity index (χ2n) is 4.69. The second kappa shape index (κ2) is 5.11. The Labute approximate surface area is 111 Å². The lowest BCUT2D eigenvalue weighted by atomic mass is 9.96. The first-order chi connectivity index (χ1) is 9.25. The van der Waals surface area contributed by atoms with Crippen LogP contribution in [0, 0.1) is 5.92 Å². The Balaban J connectivity index is 1.74. The van der Waals surface area contributed by atoms with Crippen LogP contribution in [0.15, 0.2) is 35.5 Å². The second-order valence-corrected chi connectivity index (χ2v) is 4.69. The van der Waals surface area contributed by atoms with Crippen LogP contribution in [-0.2, 0) is 19.1 Å². The van der Waals surface area contributed by atoms with Gasteiger partial charge in [-0.1, -0.05) is 35.5 Å². The van der Waals surface area contributed by atoms with E-state index in [1.807, 2.05) is 30.3 Å². The maximum Gasteiger partial charge on any atom is 0.184 e. The standard InChI is InChI=1S/C14H15NO4/c1-9(16)13-11-7-17-14(10-5-3-2-4-6-10)18-8-12(11)19-15-13/h2-6,11-12,14H,7-8H2,1H3/t11-,12+,14+/m0/s1. The van der Waals surface area contributed by atoms with Gasteiger partial charge in [-0.05, 0) is 0 Å². The molecule has 0 radical (unpaired) electrons. The fourth-order valence-corrected chi connectivity index (χ4v) is 2.32. The number of rotatable bonds is 2. The van der Waals surface area contributed by atoms with Crippen molar-refractivity contribution >= 4 is 11.5 Å². The van der Waals surface area contributed by atoms with Crippen molar-refractivity contribution in [3.63, 3.8) is 0 Å². The monoisotopic (exact) mass is 261 g/mol. The number of fused-ring (bicyclic) bond motifs is 1. The average molecular weight is 261 g/mol. The van der Waals surface area contributed by atoms with E-state index < -0.39 is 6.29 Å². The van der Waals surface area contributed by atoms with Gasteiger partial charge in [-0.25, -0.2) is 0 Å². The van der Waals surface area contributed by atoms with Gasteiger partial charge in [-0.3, -0.25) is 4.79 Å². The van der Waals surface area contributed by atoms with E-state index in [4.69, 9.17) is 14.3 Å². The Morgan fingerprint density at radius 3 is 2.68 bits per heavy atom. The number of ether oxygens (including phenoxy) is 2. The summed E-state index contributed by atoms with van der Waals surface area (Å²) in [6.45, 7) is 2.23. The van der Waals surface area contributed by atoms with E-state index in [0.717, 1.165) is 5.56 Å². The van der Waals surface area contributed by atoms with Crippen molar-refractivity contribution in [1.82, 2.24) is 0 Å². The van der Waals surface area contributed by atoms with Gasteiger partial charge < -0.3 is 14.3 Å². The summed E-state index contributed by atoms with van der Waals surface area (Å²) in [5.74, 6) is -0.208. The lowest BCUT2D eigenvalue weighted by molar-refractivity contribution is -0.139. The topological polar surface area (TPSA) is 57.1 Å². The average Bonchev–Trinajstić information content (AvgIpc) is 2.72. The normalized spacial score (nSPS) is 29.9. The van der Waals surface area contributed by atoms with Gasteiger partial charge in [0, 0.05) is 12.5 Å². The highest BCUT2D eigenvalue weighted by Crippen LogP contribution is 2.29.